The molecule has 21 heavy (non-hydrogen) atoms. The SMILES string of the molecule is O=C(O)CN1C(=O)N[C@H](c2c[nH]c3ccc(F)cc23)C1=O. The van der Waals surface area contributed by atoms with E-state index in [0.29, 0.717) is 21.4 Å². The van der Waals surface area contributed by atoms with Crippen molar-refractivity contribution in [2.24, 2.45) is 0 Å². The Morgan fingerprint density at radius 1 is 1.38 bits per heavy atom. The zero-order chi connectivity index (χ0) is 15.1. The second kappa shape index (κ2) is 4.58. The van der Waals surface area contributed by atoms with Gasteiger partial charge in [-0.1, -0.05) is 0 Å². The molecule has 108 valence electrons. The molecule has 1 aromatic carbocycles. The number of aliphatic carboxylic acids is 1. The van der Waals surface area contributed by atoms with E-state index in [1.54, 1.807) is 0 Å². The molecule has 2 aromatic rings. The summed E-state index contributed by atoms with van der Waals surface area (Å²) in [7, 11) is 0. The Hall–Kier alpha value is -2.90. The molecule has 1 atom stereocenters. The van der Waals surface area contributed by atoms with E-state index in [0.717, 1.165) is 0 Å². The molecule has 3 N–H and O–H groups in total. The molecule has 8 heteroatoms. The molecule has 1 fully saturated rings. The first-order valence-corrected chi connectivity index (χ1v) is 6.07. The van der Waals surface area contributed by atoms with E-state index in [9.17, 15) is 18.8 Å². The number of hydrogen-bond acceptors (Lipinski definition) is 3. The smallest absolute Gasteiger partial charge is 0.325 e. The van der Waals surface area contributed by atoms with Gasteiger partial charge in [0.25, 0.3) is 5.91 Å². The van der Waals surface area contributed by atoms with Gasteiger partial charge in [-0.25, -0.2) is 9.18 Å². The summed E-state index contributed by atoms with van der Waals surface area (Å²) in [4.78, 5) is 38.0. The number of nitrogens with one attached hydrogen (secondary N) is 2. The fourth-order valence-corrected chi connectivity index (χ4v) is 2.37. The number of aromatic amines is 1. The monoisotopic (exact) mass is 291 g/mol. The van der Waals surface area contributed by atoms with Crippen LogP contribution in [0, 0.1) is 5.82 Å². The Balaban J connectivity index is 2.00. The molecule has 0 radical (unpaired) electrons. The molecule has 2 heterocycles. The van der Waals surface area contributed by atoms with Gasteiger partial charge in [-0.15, -0.1) is 0 Å². The van der Waals surface area contributed by atoms with Crippen molar-refractivity contribution in [3.63, 3.8) is 0 Å². The highest BCUT2D eigenvalue weighted by molar-refractivity contribution is 6.07. The summed E-state index contributed by atoms with van der Waals surface area (Å²) < 4.78 is 13.3. The topological polar surface area (TPSA) is 102 Å². The van der Waals surface area contributed by atoms with Crippen LogP contribution >= 0.6 is 0 Å². The van der Waals surface area contributed by atoms with Crippen LogP contribution in [0.2, 0.25) is 0 Å². The molecule has 0 saturated carbocycles. The van der Waals surface area contributed by atoms with Gasteiger partial charge in [-0.2, -0.15) is 0 Å². The average Bonchev–Trinajstić information content (AvgIpc) is 2.94. The van der Waals surface area contributed by atoms with E-state index >= 15 is 0 Å². The number of halogens is 1. The quantitative estimate of drug-likeness (QED) is 0.733. The average molecular weight is 291 g/mol. The van der Waals surface area contributed by atoms with Gasteiger partial charge in [0.05, 0.1) is 0 Å². The van der Waals surface area contributed by atoms with E-state index in [4.69, 9.17) is 5.11 Å². The van der Waals surface area contributed by atoms with Crippen molar-refractivity contribution in [3.05, 3.63) is 35.8 Å². The van der Waals surface area contributed by atoms with Gasteiger partial charge >= 0.3 is 12.0 Å². The molecule has 0 spiro atoms. The number of amides is 3. The second-order valence-corrected chi connectivity index (χ2v) is 4.63. The van der Waals surface area contributed by atoms with Crippen molar-refractivity contribution in [2.45, 2.75) is 6.04 Å². The van der Waals surface area contributed by atoms with E-state index < -0.39 is 36.3 Å². The van der Waals surface area contributed by atoms with Crippen LogP contribution in [0.15, 0.2) is 24.4 Å². The molecule has 1 aromatic heterocycles. The zero-order valence-corrected chi connectivity index (χ0v) is 10.6. The minimum Gasteiger partial charge on any atom is -0.480 e. The number of rotatable bonds is 3. The Bertz CT molecular complexity index is 770. The summed E-state index contributed by atoms with van der Waals surface area (Å²) in [6.07, 6.45) is 1.50. The number of carboxylic acids is 1. The number of benzene rings is 1. The van der Waals surface area contributed by atoms with Gasteiger partial charge < -0.3 is 15.4 Å². The summed E-state index contributed by atoms with van der Waals surface area (Å²) in [5, 5.41) is 11.6. The van der Waals surface area contributed by atoms with Crippen LogP contribution in [0.1, 0.15) is 11.6 Å². The van der Waals surface area contributed by atoms with Gasteiger partial charge in [0, 0.05) is 22.7 Å². The Morgan fingerprint density at radius 2 is 2.14 bits per heavy atom. The largest absolute Gasteiger partial charge is 0.480 e. The third-order valence-corrected chi connectivity index (χ3v) is 3.31. The predicted molar refractivity (Wildman–Crippen MR) is 68.9 cm³/mol. The van der Waals surface area contributed by atoms with Gasteiger partial charge in [0.2, 0.25) is 0 Å². The number of nitrogens with zero attached hydrogens (tertiary/aromatic N) is 1. The van der Waals surface area contributed by atoms with E-state index in [1.165, 1.54) is 24.4 Å². The van der Waals surface area contributed by atoms with Crippen LogP contribution in [0.3, 0.4) is 0 Å². The van der Waals surface area contributed by atoms with Gasteiger partial charge in [-0.3, -0.25) is 14.5 Å². The maximum absolute atomic E-state index is 13.3. The normalized spacial score (nSPS) is 18.3. The van der Waals surface area contributed by atoms with Crippen LogP contribution in [0.25, 0.3) is 10.9 Å². The van der Waals surface area contributed by atoms with E-state index in [-0.39, 0.29) is 0 Å². The van der Waals surface area contributed by atoms with Crippen molar-refractivity contribution in [2.75, 3.05) is 6.54 Å². The number of carbonyl (C=O) groups excluding carboxylic acids is 2. The van der Waals surface area contributed by atoms with Gasteiger partial charge in [-0.05, 0) is 18.2 Å². The molecule has 0 bridgehead atoms. The summed E-state index contributed by atoms with van der Waals surface area (Å²) in [6.45, 7) is -0.710. The van der Waals surface area contributed by atoms with Crippen molar-refractivity contribution in [1.29, 1.82) is 0 Å². The standard InChI is InChI=1S/C13H10FN3O4/c14-6-1-2-9-7(3-6)8(4-15-9)11-12(20)17(5-10(18)19)13(21)16-11/h1-4,11,15H,5H2,(H,16,21)(H,18,19)/t11-/m1/s1. The molecule has 3 rings (SSSR count). The minimum atomic E-state index is -1.29. The minimum absolute atomic E-state index is 0.399. The van der Waals surface area contributed by atoms with Crippen molar-refractivity contribution in [3.8, 4) is 0 Å². The van der Waals surface area contributed by atoms with Crippen LogP contribution in [-0.4, -0.2) is 39.4 Å². The first-order chi connectivity index (χ1) is 9.97. The molecule has 0 unspecified atom stereocenters. The summed E-state index contributed by atoms with van der Waals surface area (Å²) >= 11 is 0. The number of fused-ring (bicyclic) bond motifs is 1. The van der Waals surface area contributed by atoms with Crippen LogP contribution in [-0.2, 0) is 9.59 Å². The van der Waals surface area contributed by atoms with E-state index in [1.807, 2.05) is 0 Å². The summed E-state index contributed by atoms with van der Waals surface area (Å²) in [6, 6.07) is 2.24. The van der Waals surface area contributed by atoms with Gasteiger partial charge in [0.1, 0.15) is 18.4 Å². The van der Waals surface area contributed by atoms with Crippen molar-refractivity contribution >= 4 is 28.8 Å². The molecule has 3 amide bonds. The number of imide groups is 1. The molecule has 7 nitrogen and oxygen atoms in total. The van der Waals surface area contributed by atoms with Crippen LogP contribution in [0.4, 0.5) is 9.18 Å². The lowest BCUT2D eigenvalue weighted by Crippen LogP contribution is -2.35. The lowest BCUT2D eigenvalue weighted by molar-refractivity contribution is -0.141. The summed E-state index contributed by atoms with van der Waals surface area (Å²) in [5.74, 6) is -2.43. The van der Waals surface area contributed by atoms with Gasteiger partial charge in [0.15, 0.2) is 0 Å². The lowest BCUT2D eigenvalue weighted by atomic mass is 10.1. The first-order valence-electron chi connectivity index (χ1n) is 6.07. The highest BCUT2D eigenvalue weighted by Gasteiger charge is 2.40. The predicted octanol–water partition coefficient (Wildman–Crippen LogP) is 0.984. The third-order valence-electron chi connectivity index (χ3n) is 3.31. The Morgan fingerprint density at radius 3 is 2.86 bits per heavy atom. The fraction of sp³-hybridized carbons (Fsp3) is 0.154. The van der Waals surface area contributed by atoms with Crippen molar-refractivity contribution < 1.29 is 23.9 Å². The fourth-order valence-electron chi connectivity index (χ4n) is 2.37. The number of urea groups is 1. The molecule has 1 saturated heterocycles. The highest BCUT2D eigenvalue weighted by atomic mass is 19.1. The number of carbonyl (C=O) groups is 3. The number of aromatic nitrogens is 1. The zero-order valence-electron chi connectivity index (χ0n) is 10.6. The number of hydrogen-bond donors (Lipinski definition) is 3. The second-order valence-electron chi connectivity index (χ2n) is 4.63. The third kappa shape index (κ3) is 2.10. The molecular weight excluding hydrogens is 281 g/mol. The number of carboxylic acid groups (broad SMARTS) is 1. The molecule has 1 aliphatic heterocycles. The Labute approximate surface area is 117 Å². The maximum atomic E-state index is 13.3. The van der Waals surface area contributed by atoms with Crippen LogP contribution < -0.4 is 5.32 Å². The summed E-state index contributed by atoms with van der Waals surface area (Å²) in [5.41, 5.74) is 1.01. The maximum Gasteiger partial charge on any atom is 0.325 e. The first kappa shape index (κ1) is 13.1. The Kier molecular flexibility index (Phi) is 2.86. The lowest BCUT2D eigenvalue weighted by Gasteiger charge is -2.09. The molecular formula is C13H10FN3O4. The molecule has 0 aliphatic carbocycles. The van der Waals surface area contributed by atoms with Crippen LogP contribution in [0.5, 0.6) is 0 Å². The van der Waals surface area contributed by atoms with E-state index in [2.05, 4.69) is 10.3 Å². The number of H-pyrrole nitrogens is 1. The highest BCUT2D eigenvalue weighted by Crippen LogP contribution is 2.29. The van der Waals surface area contributed by atoms with Crippen molar-refractivity contribution in [1.82, 2.24) is 15.2 Å². The molecule has 1 aliphatic rings.